The first-order valence-corrected chi connectivity index (χ1v) is 7.49. The number of rotatable bonds is 3. The Morgan fingerprint density at radius 2 is 2.05 bits per heavy atom. The minimum absolute atomic E-state index is 0.118. The van der Waals surface area contributed by atoms with Crippen molar-refractivity contribution >= 4 is 0 Å². The molecule has 2 aliphatic rings. The quantitative estimate of drug-likeness (QED) is 0.873. The van der Waals surface area contributed by atoms with Gasteiger partial charge in [-0.3, -0.25) is 0 Å². The van der Waals surface area contributed by atoms with Gasteiger partial charge in [0.15, 0.2) is 0 Å². The molecule has 1 saturated heterocycles. The van der Waals surface area contributed by atoms with E-state index in [1.165, 1.54) is 17.5 Å². The van der Waals surface area contributed by atoms with Crippen molar-refractivity contribution in [2.75, 3.05) is 19.6 Å². The fraction of sp³-hybridized carbons (Fsp3) is 0.625. The average molecular weight is 260 g/mol. The number of nitrogens with one attached hydrogen (secondary N) is 1. The van der Waals surface area contributed by atoms with Gasteiger partial charge in [0.05, 0.1) is 11.6 Å². The second kappa shape index (κ2) is 5.23. The van der Waals surface area contributed by atoms with Gasteiger partial charge in [0.25, 0.3) is 0 Å². The second-order valence-corrected chi connectivity index (χ2v) is 5.96. The molecule has 1 fully saturated rings. The Morgan fingerprint density at radius 1 is 1.32 bits per heavy atom. The average Bonchev–Trinajstić information content (AvgIpc) is 2.86. The van der Waals surface area contributed by atoms with Crippen LogP contribution in [0.1, 0.15) is 43.4 Å². The van der Waals surface area contributed by atoms with Crippen LogP contribution in [0, 0.1) is 0 Å². The first-order valence-electron chi connectivity index (χ1n) is 7.49. The summed E-state index contributed by atoms with van der Waals surface area (Å²) in [5.74, 6) is 0. The van der Waals surface area contributed by atoms with Crippen LogP contribution in [0.2, 0.25) is 0 Å². The van der Waals surface area contributed by atoms with E-state index in [-0.39, 0.29) is 6.04 Å². The van der Waals surface area contributed by atoms with Crippen LogP contribution in [0.4, 0.5) is 0 Å². The molecule has 0 radical (unpaired) electrons. The van der Waals surface area contributed by atoms with Crippen LogP contribution in [0.3, 0.4) is 0 Å². The van der Waals surface area contributed by atoms with E-state index in [9.17, 15) is 5.11 Å². The lowest BCUT2D eigenvalue weighted by Gasteiger charge is -2.42. The Morgan fingerprint density at radius 3 is 2.79 bits per heavy atom. The third kappa shape index (κ3) is 2.42. The van der Waals surface area contributed by atoms with Gasteiger partial charge in [0, 0.05) is 19.6 Å². The van der Waals surface area contributed by atoms with Crippen LogP contribution < -0.4 is 5.32 Å². The zero-order chi connectivity index (χ0) is 13.3. The van der Waals surface area contributed by atoms with E-state index in [1.54, 1.807) is 0 Å². The summed E-state index contributed by atoms with van der Waals surface area (Å²) in [6.07, 6.45) is 2.95. The summed E-state index contributed by atoms with van der Waals surface area (Å²) in [5.41, 5.74) is 2.07. The zero-order valence-electron chi connectivity index (χ0n) is 11.7. The van der Waals surface area contributed by atoms with E-state index in [0.717, 1.165) is 39.0 Å². The van der Waals surface area contributed by atoms with Gasteiger partial charge in [-0.2, -0.15) is 0 Å². The van der Waals surface area contributed by atoms with Gasteiger partial charge >= 0.3 is 0 Å². The van der Waals surface area contributed by atoms with Crippen LogP contribution in [-0.4, -0.2) is 35.2 Å². The molecule has 2 N–H and O–H groups in total. The maximum atomic E-state index is 11.0. The van der Waals surface area contributed by atoms with Crippen molar-refractivity contribution in [1.29, 1.82) is 0 Å². The number of aliphatic hydroxyl groups is 1. The standard InChI is InChI=1S/C16H24N2O/c1-2-9-18-10-7-16(19,8-11-18)15-14-6-4-3-5-13(14)12-17-15/h3-6,15,17,19H,2,7-12H2,1H3. The van der Waals surface area contributed by atoms with E-state index in [2.05, 4.69) is 41.4 Å². The molecule has 0 bridgehead atoms. The van der Waals surface area contributed by atoms with E-state index < -0.39 is 5.60 Å². The van der Waals surface area contributed by atoms with Crippen LogP contribution in [0.25, 0.3) is 0 Å². The van der Waals surface area contributed by atoms with Crippen molar-refractivity contribution in [3.63, 3.8) is 0 Å². The number of fused-ring (bicyclic) bond motifs is 1. The molecule has 2 aliphatic heterocycles. The highest BCUT2D eigenvalue weighted by Crippen LogP contribution is 2.39. The lowest BCUT2D eigenvalue weighted by Crippen LogP contribution is -2.50. The van der Waals surface area contributed by atoms with Crippen molar-refractivity contribution in [2.24, 2.45) is 0 Å². The molecule has 1 atom stereocenters. The molecule has 19 heavy (non-hydrogen) atoms. The van der Waals surface area contributed by atoms with Gasteiger partial charge in [-0.1, -0.05) is 31.2 Å². The summed E-state index contributed by atoms with van der Waals surface area (Å²) in [4.78, 5) is 2.47. The van der Waals surface area contributed by atoms with E-state index in [4.69, 9.17) is 0 Å². The van der Waals surface area contributed by atoms with E-state index in [1.807, 2.05) is 0 Å². The molecule has 0 aromatic heterocycles. The number of nitrogens with zero attached hydrogens (tertiary/aromatic N) is 1. The zero-order valence-corrected chi connectivity index (χ0v) is 11.7. The lowest BCUT2D eigenvalue weighted by atomic mass is 9.81. The first kappa shape index (κ1) is 13.1. The highest BCUT2D eigenvalue weighted by molar-refractivity contribution is 5.36. The third-order valence-electron chi connectivity index (χ3n) is 4.66. The third-order valence-corrected chi connectivity index (χ3v) is 4.66. The topological polar surface area (TPSA) is 35.5 Å². The number of hydrogen-bond donors (Lipinski definition) is 2. The van der Waals surface area contributed by atoms with Gasteiger partial charge in [-0.25, -0.2) is 0 Å². The monoisotopic (exact) mass is 260 g/mol. The summed E-state index contributed by atoms with van der Waals surface area (Å²) in [6, 6.07) is 8.60. The molecule has 0 saturated carbocycles. The molecule has 104 valence electrons. The molecule has 0 spiro atoms. The summed E-state index contributed by atoms with van der Waals surface area (Å²) in [7, 11) is 0. The molecule has 3 nitrogen and oxygen atoms in total. The van der Waals surface area contributed by atoms with Crippen molar-refractivity contribution in [1.82, 2.24) is 10.2 Å². The number of benzene rings is 1. The molecule has 0 aliphatic carbocycles. The van der Waals surface area contributed by atoms with Gasteiger partial charge in [0.2, 0.25) is 0 Å². The minimum Gasteiger partial charge on any atom is -0.388 e. The fourth-order valence-corrected chi connectivity index (χ4v) is 3.55. The highest BCUT2D eigenvalue weighted by atomic mass is 16.3. The van der Waals surface area contributed by atoms with Crippen molar-refractivity contribution in [2.45, 2.75) is 44.4 Å². The molecule has 2 heterocycles. The van der Waals surface area contributed by atoms with Crippen molar-refractivity contribution in [3.05, 3.63) is 35.4 Å². The van der Waals surface area contributed by atoms with Gasteiger partial charge in [-0.05, 0) is 36.9 Å². The summed E-state index contributed by atoms with van der Waals surface area (Å²) in [6.45, 7) is 6.30. The number of piperidine rings is 1. The van der Waals surface area contributed by atoms with E-state index in [0.29, 0.717) is 0 Å². The SMILES string of the molecule is CCCN1CCC(O)(C2NCc3ccccc32)CC1. The van der Waals surface area contributed by atoms with Gasteiger partial charge < -0.3 is 15.3 Å². The van der Waals surface area contributed by atoms with Crippen molar-refractivity contribution < 1.29 is 5.11 Å². The van der Waals surface area contributed by atoms with Gasteiger partial charge in [0.1, 0.15) is 0 Å². The van der Waals surface area contributed by atoms with Crippen LogP contribution >= 0.6 is 0 Å². The molecular formula is C16H24N2O. The molecule has 3 heteroatoms. The highest BCUT2D eigenvalue weighted by Gasteiger charge is 2.42. The smallest absolute Gasteiger partial charge is 0.0866 e. The van der Waals surface area contributed by atoms with Gasteiger partial charge in [-0.15, -0.1) is 0 Å². The minimum atomic E-state index is -0.573. The van der Waals surface area contributed by atoms with Crippen LogP contribution in [0.15, 0.2) is 24.3 Å². The fourth-order valence-electron chi connectivity index (χ4n) is 3.55. The normalized spacial score (nSPS) is 26.3. The van der Waals surface area contributed by atoms with Crippen LogP contribution in [-0.2, 0) is 6.54 Å². The predicted molar refractivity (Wildman–Crippen MR) is 76.9 cm³/mol. The second-order valence-electron chi connectivity index (χ2n) is 5.96. The summed E-state index contributed by atoms with van der Waals surface area (Å²) < 4.78 is 0. The van der Waals surface area contributed by atoms with Crippen LogP contribution in [0.5, 0.6) is 0 Å². The maximum absolute atomic E-state index is 11.0. The molecule has 1 aromatic rings. The van der Waals surface area contributed by atoms with E-state index >= 15 is 0 Å². The summed E-state index contributed by atoms with van der Waals surface area (Å²) >= 11 is 0. The Kier molecular flexibility index (Phi) is 3.61. The molecule has 3 rings (SSSR count). The number of likely N-dealkylation sites (tertiary alicyclic amines) is 1. The van der Waals surface area contributed by atoms with Crippen molar-refractivity contribution in [3.8, 4) is 0 Å². The first-order chi connectivity index (χ1) is 9.23. The Labute approximate surface area is 115 Å². The lowest BCUT2D eigenvalue weighted by molar-refractivity contribution is -0.0489. The Hall–Kier alpha value is -0.900. The Bertz CT molecular complexity index is 438. The Balaban J connectivity index is 1.73. The maximum Gasteiger partial charge on any atom is 0.0866 e. The molecule has 1 aromatic carbocycles. The largest absolute Gasteiger partial charge is 0.388 e. The number of hydrogen-bond acceptors (Lipinski definition) is 3. The molecular weight excluding hydrogens is 236 g/mol. The molecule has 1 unspecified atom stereocenters. The summed E-state index contributed by atoms with van der Waals surface area (Å²) in [5, 5.41) is 14.5. The molecule has 0 amide bonds. The predicted octanol–water partition coefficient (Wildman–Crippen LogP) is 2.07.